The predicted octanol–water partition coefficient (Wildman–Crippen LogP) is 1.53. The number of carboxylic acid groups (broad SMARTS) is 1. The smallest absolute Gasteiger partial charge is 0.318 e. The molecule has 0 amide bonds. The molecule has 0 spiro atoms. The first-order valence-electron chi connectivity index (χ1n) is 5.71. The number of hydrogen-bond donors (Lipinski definition) is 2. The van der Waals surface area contributed by atoms with Crippen LogP contribution in [0.4, 0.5) is 0 Å². The van der Waals surface area contributed by atoms with Crippen LogP contribution in [0.15, 0.2) is 30.3 Å². The SMILES string of the molecule is O=C(O)CN(CCCCc1ccccc1)S(=O)O. The van der Waals surface area contributed by atoms with Gasteiger partial charge in [0.2, 0.25) is 11.3 Å². The summed E-state index contributed by atoms with van der Waals surface area (Å²) in [7, 11) is 0. The fourth-order valence-electron chi connectivity index (χ4n) is 1.63. The number of carboxylic acids is 1. The minimum atomic E-state index is -2.22. The van der Waals surface area contributed by atoms with Crippen molar-refractivity contribution in [3.8, 4) is 0 Å². The van der Waals surface area contributed by atoms with E-state index < -0.39 is 23.8 Å². The number of nitrogens with zero attached hydrogens (tertiary/aromatic N) is 1. The summed E-state index contributed by atoms with van der Waals surface area (Å²) in [6, 6.07) is 9.94. The molecule has 1 unspecified atom stereocenters. The first-order valence-corrected chi connectivity index (χ1v) is 6.77. The highest BCUT2D eigenvalue weighted by atomic mass is 32.2. The van der Waals surface area contributed by atoms with Crippen molar-refractivity contribution >= 4 is 17.2 Å². The normalized spacial score (nSPS) is 12.6. The van der Waals surface area contributed by atoms with E-state index in [1.165, 1.54) is 5.56 Å². The third-order valence-corrected chi connectivity index (χ3v) is 3.25. The van der Waals surface area contributed by atoms with E-state index >= 15 is 0 Å². The van der Waals surface area contributed by atoms with Gasteiger partial charge in [0.25, 0.3) is 0 Å². The Morgan fingerprint density at radius 1 is 1.22 bits per heavy atom. The monoisotopic (exact) mass is 271 g/mol. The van der Waals surface area contributed by atoms with Crippen LogP contribution in [0.5, 0.6) is 0 Å². The summed E-state index contributed by atoms with van der Waals surface area (Å²) in [5, 5.41) is 8.58. The molecule has 1 rings (SSSR count). The van der Waals surface area contributed by atoms with Crippen LogP contribution in [0.3, 0.4) is 0 Å². The first kappa shape index (κ1) is 14.8. The average Bonchev–Trinajstić information content (AvgIpc) is 2.33. The van der Waals surface area contributed by atoms with Crippen LogP contribution in [-0.2, 0) is 22.5 Å². The van der Waals surface area contributed by atoms with Crippen molar-refractivity contribution < 1.29 is 18.7 Å². The number of hydrogen-bond acceptors (Lipinski definition) is 2. The number of rotatable bonds is 8. The van der Waals surface area contributed by atoms with Crippen molar-refractivity contribution in [2.24, 2.45) is 0 Å². The topological polar surface area (TPSA) is 77.8 Å². The van der Waals surface area contributed by atoms with Crippen LogP contribution in [-0.4, -0.2) is 37.2 Å². The van der Waals surface area contributed by atoms with Gasteiger partial charge in [0.1, 0.15) is 6.54 Å². The maximum atomic E-state index is 10.9. The van der Waals surface area contributed by atoms with Crippen LogP contribution in [0.1, 0.15) is 18.4 Å². The third kappa shape index (κ3) is 5.90. The molecule has 0 radical (unpaired) electrons. The molecule has 18 heavy (non-hydrogen) atoms. The van der Waals surface area contributed by atoms with Gasteiger partial charge in [0.15, 0.2) is 0 Å². The van der Waals surface area contributed by atoms with E-state index in [2.05, 4.69) is 0 Å². The van der Waals surface area contributed by atoms with Crippen molar-refractivity contribution in [3.63, 3.8) is 0 Å². The minimum absolute atomic E-state index is 0.308. The zero-order valence-electron chi connectivity index (χ0n) is 9.99. The number of benzene rings is 1. The third-order valence-electron chi connectivity index (χ3n) is 2.50. The molecule has 0 aliphatic heterocycles. The Morgan fingerprint density at radius 3 is 2.44 bits per heavy atom. The molecule has 0 fully saturated rings. The molecule has 5 nitrogen and oxygen atoms in total. The highest BCUT2D eigenvalue weighted by Crippen LogP contribution is 2.06. The summed E-state index contributed by atoms with van der Waals surface area (Å²) in [6.07, 6.45) is 2.44. The van der Waals surface area contributed by atoms with Gasteiger partial charge >= 0.3 is 5.97 Å². The first-order chi connectivity index (χ1) is 8.59. The van der Waals surface area contributed by atoms with Crippen LogP contribution in [0.25, 0.3) is 0 Å². The summed E-state index contributed by atoms with van der Waals surface area (Å²) in [5.41, 5.74) is 1.22. The lowest BCUT2D eigenvalue weighted by molar-refractivity contribution is -0.137. The molecule has 0 aromatic heterocycles. The summed E-state index contributed by atoms with van der Waals surface area (Å²) in [4.78, 5) is 10.5. The van der Waals surface area contributed by atoms with Crippen LogP contribution >= 0.6 is 0 Å². The number of aryl methyl sites for hydroxylation is 1. The molecule has 1 aromatic rings. The zero-order valence-corrected chi connectivity index (χ0v) is 10.8. The fraction of sp³-hybridized carbons (Fsp3) is 0.417. The number of unbranched alkanes of at least 4 members (excludes halogenated alkanes) is 1. The van der Waals surface area contributed by atoms with Gasteiger partial charge in [0.05, 0.1) is 0 Å². The molecular weight excluding hydrogens is 254 g/mol. The van der Waals surface area contributed by atoms with E-state index in [4.69, 9.17) is 9.66 Å². The molecule has 0 saturated carbocycles. The average molecular weight is 271 g/mol. The number of aliphatic carboxylic acids is 1. The van der Waals surface area contributed by atoms with Crippen molar-refractivity contribution in [2.45, 2.75) is 19.3 Å². The molecular formula is C12H17NO4S. The molecule has 0 heterocycles. The second-order valence-electron chi connectivity index (χ2n) is 3.93. The van der Waals surface area contributed by atoms with E-state index in [1.807, 2.05) is 30.3 Å². The van der Waals surface area contributed by atoms with Crippen molar-refractivity contribution in [1.82, 2.24) is 4.31 Å². The van der Waals surface area contributed by atoms with E-state index in [1.54, 1.807) is 0 Å². The Hall–Kier alpha value is -1.24. The lowest BCUT2D eigenvalue weighted by Gasteiger charge is -2.14. The van der Waals surface area contributed by atoms with Gasteiger partial charge in [-0.15, -0.1) is 0 Å². The molecule has 1 atom stereocenters. The molecule has 0 saturated heterocycles. The lowest BCUT2D eigenvalue weighted by Crippen LogP contribution is -2.32. The largest absolute Gasteiger partial charge is 0.480 e. The van der Waals surface area contributed by atoms with E-state index in [0.29, 0.717) is 13.0 Å². The fourth-order valence-corrected chi connectivity index (χ4v) is 2.13. The van der Waals surface area contributed by atoms with E-state index in [0.717, 1.165) is 17.1 Å². The Bertz CT molecular complexity index is 396. The van der Waals surface area contributed by atoms with Gasteiger partial charge < -0.3 is 5.11 Å². The van der Waals surface area contributed by atoms with Gasteiger partial charge in [-0.3, -0.25) is 9.35 Å². The van der Waals surface area contributed by atoms with Crippen LogP contribution in [0.2, 0.25) is 0 Å². The molecule has 2 N–H and O–H groups in total. The van der Waals surface area contributed by atoms with Gasteiger partial charge in [-0.25, -0.2) is 4.21 Å². The van der Waals surface area contributed by atoms with E-state index in [-0.39, 0.29) is 0 Å². The summed E-state index contributed by atoms with van der Waals surface area (Å²) < 4.78 is 20.8. The molecule has 0 bridgehead atoms. The predicted molar refractivity (Wildman–Crippen MR) is 69.4 cm³/mol. The second kappa shape index (κ2) is 7.97. The standard InChI is InChI=1S/C12H17NO4S/c14-12(15)10-13(18(16)17)9-5-4-8-11-6-2-1-3-7-11/h1-3,6-7H,4-5,8-10H2,(H,14,15)(H,16,17). The van der Waals surface area contributed by atoms with Crippen molar-refractivity contribution in [3.05, 3.63) is 35.9 Å². The highest BCUT2D eigenvalue weighted by Gasteiger charge is 2.14. The lowest BCUT2D eigenvalue weighted by atomic mass is 10.1. The molecule has 100 valence electrons. The molecule has 0 aliphatic rings. The number of carbonyl (C=O) groups is 1. The summed E-state index contributed by atoms with van der Waals surface area (Å²) in [6.45, 7) is -0.101. The maximum Gasteiger partial charge on any atom is 0.318 e. The van der Waals surface area contributed by atoms with Gasteiger partial charge in [-0.05, 0) is 24.8 Å². The van der Waals surface area contributed by atoms with Crippen LogP contribution in [0, 0.1) is 0 Å². The van der Waals surface area contributed by atoms with Gasteiger partial charge in [-0.2, -0.15) is 4.31 Å². The summed E-state index contributed by atoms with van der Waals surface area (Å²) in [5.74, 6) is -1.10. The van der Waals surface area contributed by atoms with E-state index in [9.17, 15) is 9.00 Å². The quantitative estimate of drug-likeness (QED) is 0.555. The highest BCUT2D eigenvalue weighted by molar-refractivity contribution is 7.76. The van der Waals surface area contributed by atoms with Crippen molar-refractivity contribution in [2.75, 3.05) is 13.1 Å². The van der Waals surface area contributed by atoms with Gasteiger partial charge in [0, 0.05) is 6.54 Å². The summed E-state index contributed by atoms with van der Waals surface area (Å²) >= 11 is -2.22. The minimum Gasteiger partial charge on any atom is -0.480 e. The molecule has 0 aliphatic carbocycles. The zero-order chi connectivity index (χ0) is 13.4. The van der Waals surface area contributed by atoms with Crippen molar-refractivity contribution in [1.29, 1.82) is 0 Å². The van der Waals surface area contributed by atoms with Crippen LogP contribution < -0.4 is 0 Å². The molecule has 6 heteroatoms. The Morgan fingerprint density at radius 2 is 1.89 bits per heavy atom. The Balaban J connectivity index is 2.27. The Labute approximate surface area is 109 Å². The maximum absolute atomic E-state index is 10.9. The van der Waals surface area contributed by atoms with Gasteiger partial charge in [-0.1, -0.05) is 30.3 Å². The second-order valence-corrected chi connectivity index (χ2v) is 4.91. The molecule has 1 aromatic carbocycles. The Kier molecular flexibility index (Phi) is 6.56.